The molecule has 2 aromatic rings. The lowest BCUT2D eigenvalue weighted by Gasteiger charge is -2.22. The Labute approximate surface area is 147 Å². The summed E-state index contributed by atoms with van der Waals surface area (Å²) in [5.41, 5.74) is 0.980. The van der Waals surface area contributed by atoms with E-state index in [2.05, 4.69) is 0 Å². The molecule has 0 spiro atoms. The van der Waals surface area contributed by atoms with Gasteiger partial charge in [0.2, 0.25) is 0 Å². The predicted octanol–water partition coefficient (Wildman–Crippen LogP) is 2.71. The molecule has 0 amide bonds. The molecule has 0 bridgehead atoms. The fourth-order valence-corrected chi connectivity index (χ4v) is 2.50. The third-order valence-corrected chi connectivity index (χ3v) is 3.72. The maximum Gasteiger partial charge on any atom is 0.165 e. The van der Waals surface area contributed by atoms with Crippen molar-refractivity contribution in [1.82, 2.24) is 4.90 Å². The minimum absolute atomic E-state index is 0.0189. The highest BCUT2D eigenvalue weighted by atomic mass is 19.1. The molecule has 1 N–H and O–H groups in total. The quantitative estimate of drug-likeness (QED) is 0.754. The molecular weight excluding hydrogens is 325 g/mol. The van der Waals surface area contributed by atoms with Gasteiger partial charge in [0, 0.05) is 24.7 Å². The van der Waals surface area contributed by atoms with Crippen LogP contribution in [-0.4, -0.2) is 50.5 Å². The summed E-state index contributed by atoms with van der Waals surface area (Å²) in [4.78, 5) is 1.94. The summed E-state index contributed by atoms with van der Waals surface area (Å²) in [6, 6.07) is 11.7. The van der Waals surface area contributed by atoms with Crippen LogP contribution in [0.2, 0.25) is 0 Å². The fourth-order valence-electron chi connectivity index (χ4n) is 2.50. The average molecular weight is 349 g/mol. The second-order valence-corrected chi connectivity index (χ2v) is 5.77. The highest BCUT2D eigenvalue weighted by Crippen LogP contribution is 2.25. The maximum absolute atomic E-state index is 13.5. The lowest BCUT2D eigenvalue weighted by Crippen LogP contribution is -2.33. The van der Waals surface area contributed by atoms with Crippen molar-refractivity contribution < 1.29 is 23.7 Å². The van der Waals surface area contributed by atoms with E-state index < -0.39 is 11.9 Å². The normalized spacial score (nSPS) is 12.1. The van der Waals surface area contributed by atoms with E-state index in [4.69, 9.17) is 14.2 Å². The van der Waals surface area contributed by atoms with Gasteiger partial charge in [-0.05, 0) is 25.2 Å². The van der Waals surface area contributed by atoms with E-state index in [0.717, 1.165) is 17.1 Å². The van der Waals surface area contributed by atoms with Gasteiger partial charge in [0.1, 0.15) is 24.2 Å². The van der Waals surface area contributed by atoms with Crippen LogP contribution < -0.4 is 14.2 Å². The number of rotatable bonds is 9. The van der Waals surface area contributed by atoms with Crippen LogP contribution in [0.4, 0.5) is 4.39 Å². The molecule has 0 aliphatic rings. The smallest absolute Gasteiger partial charge is 0.165 e. The first-order valence-corrected chi connectivity index (χ1v) is 7.98. The summed E-state index contributed by atoms with van der Waals surface area (Å²) in [6.45, 7) is 0.985. The lowest BCUT2D eigenvalue weighted by molar-refractivity contribution is 0.0726. The maximum atomic E-state index is 13.5. The molecule has 5 nitrogen and oxygen atoms in total. The summed E-state index contributed by atoms with van der Waals surface area (Å²) in [5.74, 6) is 1.15. The summed E-state index contributed by atoms with van der Waals surface area (Å²) >= 11 is 0. The van der Waals surface area contributed by atoms with Crippen molar-refractivity contribution in [1.29, 1.82) is 0 Å². The molecule has 136 valence electrons. The topological polar surface area (TPSA) is 51.2 Å². The molecule has 0 radical (unpaired) electrons. The van der Waals surface area contributed by atoms with E-state index >= 15 is 0 Å². The van der Waals surface area contributed by atoms with Gasteiger partial charge in [0.15, 0.2) is 11.6 Å². The first kappa shape index (κ1) is 19.0. The van der Waals surface area contributed by atoms with Crippen molar-refractivity contribution in [2.75, 3.05) is 34.4 Å². The Kier molecular flexibility index (Phi) is 7.03. The Hall–Kier alpha value is -2.31. The van der Waals surface area contributed by atoms with Crippen LogP contribution in [0.1, 0.15) is 5.56 Å². The van der Waals surface area contributed by atoms with Crippen molar-refractivity contribution in [3.05, 3.63) is 53.8 Å². The molecule has 0 aliphatic heterocycles. The number of nitrogens with zero attached hydrogens (tertiary/aromatic N) is 1. The van der Waals surface area contributed by atoms with Gasteiger partial charge < -0.3 is 19.3 Å². The van der Waals surface area contributed by atoms with Gasteiger partial charge in [0.25, 0.3) is 0 Å². The predicted molar refractivity (Wildman–Crippen MR) is 93.8 cm³/mol. The Balaban J connectivity index is 1.87. The van der Waals surface area contributed by atoms with Crippen LogP contribution in [0.5, 0.6) is 17.2 Å². The lowest BCUT2D eigenvalue weighted by atomic mass is 10.1. The number of benzene rings is 2. The number of hydrogen-bond donors (Lipinski definition) is 1. The van der Waals surface area contributed by atoms with Crippen LogP contribution >= 0.6 is 0 Å². The number of ether oxygens (including phenoxy) is 3. The molecule has 0 heterocycles. The third-order valence-electron chi connectivity index (χ3n) is 3.72. The van der Waals surface area contributed by atoms with Gasteiger partial charge in [-0.3, -0.25) is 4.90 Å². The van der Waals surface area contributed by atoms with E-state index in [9.17, 15) is 9.50 Å². The van der Waals surface area contributed by atoms with Crippen molar-refractivity contribution in [3.8, 4) is 17.2 Å². The van der Waals surface area contributed by atoms with Crippen LogP contribution in [0.25, 0.3) is 0 Å². The average Bonchev–Trinajstić information content (AvgIpc) is 2.61. The number of likely N-dealkylation sites (N-methyl/N-ethyl adjacent to an activating group) is 1. The second kappa shape index (κ2) is 9.25. The zero-order valence-corrected chi connectivity index (χ0v) is 14.7. The number of hydrogen-bond acceptors (Lipinski definition) is 5. The first-order chi connectivity index (χ1) is 12.0. The molecule has 0 aliphatic carbocycles. The van der Waals surface area contributed by atoms with E-state index in [-0.39, 0.29) is 12.4 Å². The summed E-state index contributed by atoms with van der Waals surface area (Å²) in [6.07, 6.45) is -0.742. The van der Waals surface area contributed by atoms with Crippen LogP contribution in [0.15, 0.2) is 42.5 Å². The number of para-hydroxylation sites is 1. The Bertz CT molecular complexity index is 680. The standard InChI is InChI=1S/C19H24FNO4/c1-21(11-14-8-9-16(23-2)10-19(14)24-3)12-15(22)13-25-18-7-5-4-6-17(18)20/h4-10,15,22H,11-13H2,1-3H3. The molecule has 1 atom stereocenters. The Morgan fingerprint density at radius 1 is 1.08 bits per heavy atom. The molecule has 0 fully saturated rings. The number of methoxy groups -OCH3 is 2. The van der Waals surface area contributed by atoms with Crippen molar-refractivity contribution >= 4 is 0 Å². The molecule has 1 unspecified atom stereocenters. The van der Waals surface area contributed by atoms with Crippen LogP contribution in [0.3, 0.4) is 0 Å². The van der Waals surface area contributed by atoms with Crippen molar-refractivity contribution in [3.63, 3.8) is 0 Å². The highest BCUT2D eigenvalue weighted by molar-refractivity contribution is 5.40. The second-order valence-electron chi connectivity index (χ2n) is 5.77. The molecule has 0 saturated heterocycles. The Morgan fingerprint density at radius 3 is 2.52 bits per heavy atom. The highest BCUT2D eigenvalue weighted by Gasteiger charge is 2.13. The van der Waals surface area contributed by atoms with Crippen molar-refractivity contribution in [2.24, 2.45) is 0 Å². The first-order valence-electron chi connectivity index (χ1n) is 7.98. The monoisotopic (exact) mass is 349 g/mol. The summed E-state index contributed by atoms with van der Waals surface area (Å²) in [5, 5.41) is 10.1. The summed E-state index contributed by atoms with van der Waals surface area (Å²) in [7, 11) is 5.10. The minimum atomic E-state index is -0.742. The van der Waals surface area contributed by atoms with E-state index in [1.807, 2.05) is 30.1 Å². The molecule has 2 rings (SSSR count). The molecule has 6 heteroatoms. The van der Waals surface area contributed by atoms with Crippen LogP contribution in [-0.2, 0) is 6.54 Å². The van der Waals surface area contributed by atoms with Crippen LogP contribution in [0, 0.1) is 5.82 Å². The van der Waals surface area contributed by atoms with Gasteiger partial charge in [0.05, 0.1) is 14.2 Å². The molecule has 25 heavy (non-hydrogen) atoms. The van der Waals surface area contributed by atoms with Gasteiger partial charge in [-0.15, -0.1) is 0 Å². The molecule has 2 aromatic carbocycles. The third kappa shape index (κ3) is 5.62. The number of aliphatic hydroxyl groups is 1. The zero-order chi connectivity index (χ0) is 18.2. The molecular formula is C19H24FNO4. The minimum Gasteiger partial charge on any atom is -0.497 e. The van der Waals surface area contributed by atoms with Gasteiger partial charge in [-0.2, -0.15) is 0 Å². The molecule has 0 aromatic heterocycles. The van der Waals surface area contributed by atoms with Gasteiger partial charge in [-0.1, -0.05) is 18.2 Å². The SMILES string of the molecule is COc1ccc(CN(C)CC(O)COc2ccccc2F)c(OC)c1. The van der Waals surface area contributed by atoms with Gasteiger partial charge >= 0.3 is 0 Å². The van der Waals surface area contributed by atoms with E-state index in [1.54, 1.807) is 26.4 Å². The fraction of sp³-hybridized carbons (Fsp3) is 0.368. The van der Waals surface area contributed by atoms with Crippen molar-refractivity contribution in [2.45, 2.75) is 12.6 Å². The van der Waals surface area contributed by atoms with Gasteiger partial charge in [-0.25, -0.2) is 4.39 Å². The molecule has 0 saturated carbocycles. The zero-order valence-electron chi connectivity index (χ0n) is 14.7. The van der Waals surface area contributed by atoms with E-state index in [0.29, 0.717) is 13.1 Å². The summed E-state index contributed by atoms with van der Waals surface area (Å²) < 4.78 is 29.4. The van der Waals surface area contributed by atoms with E-state index in [1.165, 1.54) is 12.1 Å². The number of halogens is 1. The largest absolute Gasteiger partial charge is 0.497 e. The Morgan fingerprint density at radius 2 is 1.84 bits per heavy atom. The number of aliphatic hydroxyl groups excluding tert-OH is 1.